The largest absolute Gasteiger partial charge is 0.342 e. The summed E-state index contributed by atoms with van der Waals surface area (Å²) in [5.74, 6) is 1.24. The summed E-state index contributed by atoms with van der Waals surface area (Å²) in [6, 6.07) is 4.70. The summed E-state index contributed by atoms with van der Waals surface area (Å²) in [6.45, 7) is 4.26. The molecule has 2 aromatic rings. The Kier molecular flexibility index (Phi) is 5.98. The second kappa shape index (κ2) is 8.40. The zero-order chi connectivity index (χ0) is 18.5. The van der Waals surface area contributed by atoms with Crippen molar-refractivity contribution >= 4 is 5.91 Å². The highest BCUT2D eigenvalue weighted by Crippen LogP contribution is 2.20. The monoisotopic (exact) mass is 360 g/mol. The molecule has 6 nitrogen and oxygen atoms in total. The van der Waals surface area contributed by atoms with E-state index in [-0.39, 0.29) is 11.7 Å². The Morgan fingerprint density at radius 2 is 2.31 bits per heavy atom. The lowest BCUT2D eigenvalue weighted by atomic mass is 9.97. The molecule has 140 valence electrons. The first-order chi connectivity index (χ1) is 12.6. The minimum Gasteiger partial charge on any atom is -0.342 e. The Labute approximate surface area is 152 Å². The summed E-state index contributed by atoms with van der Waals surface area (Å²) < 4.78 is 18.6. The minimum absolute atomic E-state index is 0.128. The van der Waals surface area contributed by atoms with Crippen molar-refractivity contribution in [2.24, 2.45) is 5.92 Å². The van der Waals surface area contributed by atoms with Crippen LogP contribution in [0, 0.1) is 18.7 Å². The molecule has 1 aromatic carbocycles. The third-order valence-corrected chi connectivity index (χ3v) is 4.80. The van der Waals surface area contributed by atoms with Gasteiger partial charge in [-0.2, -0.15) is 4.98 Å². The molecule has 7 heteroatoms. The first-order valence-corrected chi connectivity index (χ1v) is 9.08. The third kappa shape index (κ3) is 4.46. The summed E-state index contributed by atoms with van der Waals surface area (Å²) in [4.78, 5) is 18.7. The van der Waals surface area contributed by atoms with E-state index >= 15 is 0 Å². The van der Waals surface area contributed by atoms with E-state index in [9.17, 15) is 9.18 Å². The van der Waals surface area contributed by atoms with Gasteiger partial charge in [-0.15, -0.1) is 0 Å². The van der Waals surface area contributed by atoms with Crippen LogP contribution in [0.5, 0.6) is 0 Å². The molecule has 1 aliphatic rings. The van der Waals surface area contributed by atoms with Gasteiger partial charge in [0.2, 0.25) is 17.6 Å². The average Bonchev–Trinajstić information content (AvgIpc) is 3.11. The van der Waals surface area contributed by atoms with Crippen molar-refractivity contribution in [1.82, 2.24) is 20.4 Å². The highest BCUT2D eigenvalue weighted by Gasteiger charge is 2.23. The van der Waals surface area contributed by atoms with E-state index in [2.05, 4.69) is 15.5 Å². The molecule has 1 N–H and O–H groups in total. The van der Waals surface area contributed by atoms with E-state index in [0.29, 0.717) is 41.6 Å². The van der Waals surface area contributed by atoms with E-state index < -0.39 is 0 Å². The number of rotatable bonds is 6. The number of piperidine rings is 1. The molecule has 1 amide bonds. The molecule has 26 heavy (non-hydrogen) atoms. The molecular formula is C19H25FN4O2. The number of likely N-dealkylation sites (tertiary alicyclic amines) is 1. The van der Waals surface area contributed by atoms with Gasteiger partial charge in [-0.05, 0) is 63.0 Å². The Morgan fingerprint density at radius 1 is 1.46 bits per heavy atom. The fraction of sp³-hybridized carbons (Fsp3) is 0.526. The summed E-state index contributed by atoms with van der Waals surface area (Å²) >= 11 is 0. The standard InChI is InChI=1S/C19H25FN4O2/c1-13-10-15(5-6-16(13)20)19-22-17(26-23-19)7-8-18(25)24-9-3-4-14(12-24)11-21-2/h5-6,10,14,21H,3-4,7-9,11-12H2,1-2H3. The van der Waals surface area contributed by atoms with E-state index in [1.807, 2.05) is 11.9 Å². The van der Waals surface area contributed by atoms with E-state index in [1.165, 1.54) is 6.07 Å². The van der Waals surface area contributed by atoms with Gasteiger partial charge in [0.25, 0.3) is 0 Å². The van der Waals surface area contributed by atoms with Gasteiger partial charge in [-0.25, -0.2) is 4.39 Å². The molecule has 1 aliphatic heterocycles. The van der Waals surface area contributed by atoms with E-state index in [0.717, 1.165) is 32.5 Å². The Morgan fingerprint density at radius 3 is 3.08 bits per heavy atom. The summed E-state index contributed by atoms with van der Waals surface area (Å²) in [6.07, 6.45) is 2.98. The lowest BCUT2D eigenvalue weighted by molar-refractivity contribution is -0.133. The Balaban J connectivity index is 1.56. The molecule has 2 heterocycles. The number of carbonyl (C=O) groups is 1. The zero-order valence-electron chi connectivity index (χ0n) is 15.3. The molecule has 1 saturated heterocycles. The molecule has 0 saturated carbocycles. The van der Waals surface area contributed by atoms with E-state index in [4.69, 9.17) is 4.52 Å². The van der Waals surface area contributed by atoms with Crippen molar-refractivity contribution in [3.63, 3.8) is 0 Å². The van der Waals surface area contributed by atoms with Gasteiger partial charge in [0.05, 0.1) is 0 Å². The van der Waals surface area contributed by atoms with Gasteiger partial charge in [-0.3, -0.25) is 4.79 Å². The van der Waals surface area contributed by atoms with Gasteiger partial charge in [0, 0.05) is 31.5 Å². The highest BCUT2D eigenvalue weighted by atomic mass is 19.1. The molecule has 3 rings (SSSR count). The molecule has 0 spiro atoms. The second-order valence-electron chi connectivity index (χ2n) is 6.88. The number of nitrogens with one attached hydrogen (secondary N) is 1. The van der Waals surface area contributed by atoms with Crippen LogP contribution in [0.4, 0.5) is 4.39 Å². The maximum Gasteiger partial charge on any atom is 0.227 e. The second-order valence-corrected chi connectivity index (χ2v) is 6.88. The SMILES string of the molecule is CNCC1CCCN(C(=O)CCc2nc(-c3ccc(F)c(C)c3)no2)C1. The van der Waals surface area contributed by atoms with Gasteiger partial charge < -0.3 is 14.7 Å². The van der Waals surface area contributed by atoms with Crippen LogP contribution in [-0.2, 0) is 11.2 Å². The van der Waals surface area contributed by atoms with Crippen LogP contribution in [0.2, 0.25) is 0 Å². The van der Waals surface area contributed by atoms with Crippen molar-refractivity contribution < 1.29 is 13.7 Å². The third-order valence-electron chi connectivity index (χ3n) is 4.80. The Hall–Kier alpha value is -2.28. The van der Waals surface area contributed by atoms with Crippen molar-refractivity contribution in [2.75, 3.05) is 26.7 Å². The minimum atomic E-state index is -0.263. The van der Waals surface area contributed by atoms with Crippen molar-refractivity contribution in [2.45, 2.75) is 32.6 Å². The first-order valence-electron chi connectivity index (χ1n) is 9.08. The van der Waals surface area contributed by atoms with Crippen LogP contribution >= 0.6 is 0 Å². The molecule has 1 fully saturated rings. The highest BCUT2D eigenvalue weighted by molar-refractivity contribution is 5.76. The Bertz CT molecular complexity index is 760. The number of hydrogen-bond donors (Lipinski definition) is 1. The summed E-state index contributed by atoms with van der Waals surface area (Å²) in [7, 11) is 1.94. The summed E-state index contributed by atoms with van der Waals surface area (Å²) in [5.41, 5.74) is 1.24. The topological polar surface area (TPSA) is 71.3 Å². The zero-order valence-corrected chi connectivity index (χ0v) is 15.3. The van der Waals surface area contributed by atoms with Crippen molar-refractivity contribution in [1.29, 1.82) is 0 Å². The van der Waals surface area contributed by atoms with Gasteiger partial charge >= 0.3 is 0 Å². The number of halogens is 1. The van der Waals surface area contributed by atoms with Gasteiger partial charge in [-0.1, -0.05) is 5.16 Å². The van der Waals surface area contributed by atoms with Crippen LogP contribution in [0.25, 0.3) is 11.4 Å². The molecule has 0 bridgehead atoms. The van der Waals surface area contributed by atoms with Crippen molar-refractivity contribution in [3.05, 3.63) is 35.5 Å². The maximum absolute atomic E-state index is 13.4. The number of amides is 1. The smallest absolute Gasteiger partial charge is 0.227 e. The first kappa shape index (κ1) is 18.5. The average molecular weight is 360 g/mol. The quantitative estimate of drug-likeness (QED) is 0.857. The normalized spacial score (nSPS) is 17.5. The van der Waals surface area contributed by atoms with Crippen molar-refractivity contribution in [3.8, 4) is 11.4 Å². The lowest BCUT2D eigenvalue weighted by Gasteiger charge is -2.32. The number of benzene rings is 1. The number of carbonyl (C=O) groups excluding carboxylic acids is 1. The van der Waals surface area contributed by atoms with Crippen LogP contribution in [0.15, 0.2) is 22.7 Å². The van der Waals surface area contributed by atoms with Crippen LogP contribution < -0.4 is 5.32 Å². The number of aromatic nitrogens is 2. The van der Waals surface area contributed by atoms with Gasteiger partial charge in [0.15, 0.2) is 0 Å². The van der Waals surface area contributed by atoms with Gasteiger partial charge in [0.1, 0.15) is 5.82 Å². The molecule has 0 aliphatic carbocycles. The predicted octanol–water partition coefficient (Wildman–Crippen LogP) is 2.57. The fourth-order valence-corrected chi connectivity index (χ4v) is 3.38. The molecule has 1 atom stereocenters. The van der Waals surface area contributed by atoms with Crippen LogP contribution in [0.3, 0.4) is 0 Å². The lowest BCUT2D eigenvalue weighted by Crippen LogP contribution is -2.42. The maximum atomic E-state index is 13.4. The molecule has 1 unspecified atom stereocenters. The number of hydrogen-bond acceptors (Lipinski definition) is 5. The summed E-state index contributed by atoms with van der Waals surface area (Å²) in [5, 5.41) is 7.13. The number of aryl methyl sites for hydroxylation is 2. The van der Waals surface area contributed by atoms with E-state index in [1.54, 1.807) is 19.1 Å². The number of nitrogens with zero attached hydrogens (tertiary/aromatic N) is 3. The van der Waals surface area contributed by atoms with Crippen LogP contribution in [0.1, 0.15) is 30.7 Å². The van der Waals surface area contributed by atoms with Crippen LogP contribution in [-0.4, -0.2) is 47.6 Å². The molecule has 1 aromatic heterocycles. The fourth-order valence-electron chi connectivity index (χ4n) is 3.38. The molecule has 0 radical (unpaired) electrons. The predicted molar refractivity (Wildman–Crippen MR) is 96.0 cm³/mol. The molecular weight excluding hydrogens is 335 g/mol.